The van der Waals surface area contributed by atoms with Crippen LogP contribution in [0.4, 0.5) is 5.69 Å². The van der Waals surface area contributed by atoms with E-state index < -0.39 is 0 Å². The Morgan fingerprint density at radius 2 is 1.80 bits per heavy atom. The van der Waals surface area contributed by atoms with Crippen LogP contribution in [0.3, 0.4) is 0 Å². The lowest BCUT2D eigenvalue weighted by atomic mass is 10.0. The summed E-state index contributed by atoms with van der Waals surface area (Å²) in [4.78, 5) is 15.3. The Bertz CT molecular complexity index is 1270. The third-order valence-electron chi connectivity index (χ3n) is 5.43. The summed E-state index contributed by atoms with van der Waals surface area (Å²) >= 11 is 6.81. The number of amides is 1. The van der Waals surface area contributed by atoms with E-state index in [1.807, 2.05) is 61.5 Å². The number of ether oxygens (including phenoxy) is 2. The van der Waals surface area contributed by atoms with Gasteiger partial charge in [0.15, 0.2) is 15.8 Å². The predicted octanol–water partition coefficient (Wildman–Crippen LogP) is 7.11. The molecule has 4 nitrogen and oxygen atoms in total. The minimum absolute atomic E-state index is 0.130. The number of nitrogens with zero attached hydrogens (tertiary/aromatic N) is 1. The van der Waals surface area contributed by atoms with Gasteiger partial charge < -0.3 is 9.47 Å². The highest BCUT2D eigenvalue weighted by Crippen LogP contribution is 2.39. The number of para-hydroxylation sites is 1. The number of allylic oxidation sites excluding steroid dienone is 1. The van der Waals surface area contributed by atoms with Crippen LogP contribution in [-0.2, 0) is 17.8 Å². The predicted molar refractivity (Wildman–Crippen MR) is 149 cm³/mol. The van der Waals surface area contributed by atoms with E-state index in [9.17, 15) is 4.79 Å². The molecule has 1 aliphatic rings. The molecule has 0 radical (unpaired) electrons. The monoisotopic (exact) mass is 501 g/mol. The fourth-order valence-corrected chi connectivity index (χ4v) is 5.06. The molecule has 1 heterocycles. The zero-order valence-electron chi connectivity index (χ0n) is 19.8. The van der Waals surface area contributed by atoms with Gasteiger partial charge in [-0.1, -0.05) is 78.1 Å². The van der Waals surface area contributed by atoms with Crippen molar-refractivity contribution < 1.29 is 14.3 Å². The molecule has 6 heteroatoms. The largest absolute Gasteiger partial charge is 0.490 e. The number of thioether (sulfide) groups is 1. The average Bonchev–Trinajstić information content (AvgIpc) is 3.13. The maximum atomic E-state index is 13.2. The van der Waals surface area contributed by atoms with Gasteiger partial charge in [0.1, 0.15) is 6.61 Å². The molecule has 1 fully saturated rings. The molecule has 0 N–H and O–H groups in total. The number of rotatable bonds is 9. The summed E-state index contributed by atoms with van der Waals surface area (Å²) in [6, 6.07) is 21.6. The van der Waals surface area contributed by atoms with Gasteiger partial charge in [0.25, 0.3) is 5.91 Å². The smallest absolute Gasteiger partial charge is 0.270 e. The van der Waals surface area contributed by atoms with Gasteiger partial charge in [0.2, 0.25) is 0 Å². The first kappa shape index (κ1) is 24.8. The van der Waals surface area contributed by atoms with E-state index in [1.54, 1.807) is 4.90 Å². The number of anilines is 1. The molecule has 1 amide bonds. The molecular weight excluding hydrogens is 474 g/mol. The summed E-state index contributed by atoms with van der Waals surface area (Å²) in [6.45, 7) is 8.83. The molecule has 35 heavy (non-hydrogen) atoms. The molecule has 0 atom stereocenters. The third kappa shape index (κ3) is 5.84. The number of aryl methyl sites for hydroxylation is 1. The van der Waals surface area contributed by atoms with Crippen LogP contribution in [0, 0.1) is 6.92 Å². The second-order valence-electron chi connectivity index (χ2n) is 8.06. The number of benzene rings is 3. The van der Waals surface area contributed by atoms with E-state index in [-0.39, 0.29) is 5.91 Å². The minimum Gasteiger partial charge on any atom is -0.490 e. The second kappa shape index (κ2) is 11.4. The van der Waals surface area contributed by atoms with Crippen LogP contribution in [-0.4, -0.2) is 16.8 Å². The fourth-order valence-electron chi connectivity index (χ4n) is 3.76. The van der Waals surface area contributed by atoms with Crippen LogP contribution >= 0.6 is 24.0 Å². The molecule has 0 unspecified atom stereocenters. The lowest BCUT2D eigenvalue weighted by Gasteiger charge is -2.17. The van der Waals surface area contributed by atoms with Crippen LogP contribution in [0.5, 0.6) is 11.5 Å². The molecule has 1 saturated heterocycles. The van der Waals surface area contributed by atoms with Crippen LogP contribution in [0.2, 0.25) is 0 Å². The van der Waals surface area contributed by atoms with E-state index in [4.69, 9.17) is 21.7 Å². The van der Waals surface area contributed by atoms with Crippen molar-refractivity contribution in [3.63, 3.8) is 0 Å². The molecule has 0 aromatic heterocycles. The first-order valence-corrected chi connectivity index (χ1v) is 12.6. The van der Waals surface area contributed by atoms with Crippen molar-refractivity contribution in [3.8, 4) is 11.5 Å². The van der Waals surface area contributed by atoms with Crippen LogP contribution in [0.1, 0.15) is 29.2 Å². The quantitative estimate of drug-likeness (QED) is 0.178. The van der Waals surface area contributed by atoms with Gasteiger partial charge in [-0.15, -0.1) is 6.58 Å². The highest BCUT2D eigenvalue weighted by molar-refractivity contribution is 8.27. The molecule has 4 rings (SSSR count). The lowest BCUT2D eigenvalue weighted by molar-refractivity contribution is -0.113. The lowest BCUT2D eigenvalue weighted by Crippen LogP contribution is -2.27. The van der Waals surface area contributed by atoms with E-state index in [1.165, 1.54) is 17.3 Å². The summed E-state index contributed by atoms with van der Waals surface area (Å²) in [5.41, 5.74) is 4.85. The molecular formula is C29H27NO3S2. The van der Waals surface area contributed by atoms with Crippen molar-refractivity contribution in [1.82, 2.24) is 0 Å². The third-order valence-corrected chi connectivity index (χ3v) is 6.73. The van der Waals surface area contributed by atoms with Gasteiger partial charge in [0, 0.05) is 5.56 Å². The molecule has 1 aliphatic heterocycles. The summed E-state index contributed by atoms with van der Waals surface area (Å²) in [7, 11) is 0. The van der Waals surface area contributed by atoms with E-state index >= 15 is 0 Å². The molecule has 178 valence electrons. The van der Waals surface area contributed by atoms with Crippen molar-refractivity contribution in [2.75, 3.05) is 11.5 Å². The fraction of sp³-hybridized carbons (Fsp3) is 0.172. The van der Waals surface area contributed by atoms with Crippen LogP contribution in [0.25, 0.3) is 6.08 Å². The zero-order chi connectivity index (χ0) is 24.8. The van der Waals surface area contributed by atoms with Crippen LogP contribution < -0.4 is 14.4 Å². The maximum absolute atomic E-state index is 13.2. The number of hydrogen-bond acceptors (Lipinski definition) is 5. The standard InChI is InChI=1S/C29H27NO3S2/c1-4-9-23-16-22(18-26-28(31)30(29(34)35-26)24-10-7-6-8-11-24)17-25(32-5-2)27(23)33-19-21-14-12-20(3)13-15-21/h4,6-8,10-18H,1,5,9,19H2,2-3H3/b26-18+. The van der Waals surface area contributed by atoms with Crippen molar-refractivity contribution >= 4 is 46.0 Å². The Morgan fingerprint density at radius 1 is 1.06 bits per heavy atom. The van der Waals surface area contributed by atoms with Gasteiger partial charge in [-0.3, -0.25) is 9.69 Å². The Morgan fingerprint density at radius 3 is 2.49 bits per heavy atom. The Hall–Kier alpha value is -3.35. The van der Waals surface area contributed by atoms with E-state index in [2.05, 4.69) is 37.8 Å². The second-order valence-corrected chi connectivity index (χ2v) is 9.74. The summed E-state index contributed by atoms with van der Waals surface area (Å²) in [6.07, 6.45) is 4.31. The van der Waals surface area contributed by atoms with Gasteiger partial charge in [0.05, 0.1) is 17.2 Å². The highest BCUT2D eigenvalue weighted by Gasteiger charge is 2.33. The highest BCUT2D eigenvalue weighted by atomic mass is 32.2. The van der Waals surface area contributed by atoms with Crippen molar-refractivity contribution in [2.45, 2.75) is 26.9 Å². The van der Waals surface area contributed by atoms with Gasteiger partial charge in [-0.25, -0.2) is 0 Å². The average molecular weight is 502 g/mol. The Labute approximate surface area is 216 Å². The van der Waals surface area contributed by atoms with Crippen molar-refractivity contribution in [3.05, 3.63) is 107 Å². The molecule has 0 saturated carbocycles. The first-order chi connectivity index (χ1) is 17.0. The van der Waals surface area contributed by atoms with Crippen LogP contribution in [0.15, 0.2) is 84.3 Å². The first-order valence-electron chi connectivity index (χ1n) is 11.4. The number of thiocarbonyl (C=S) groups is 1. The summed E-state index contributed by atoms with van der Waals surface area (Å²) in [5, 5.41) is 0. The molecule has 3 aromatic rings. The number of hydrogen-bond donors (Lipinski definition) is 0. The van der Waals surface area contributed by atoms with E-state index in [0.717, 1.165) is 22.4 Å². The maximum Gasteiger partial charge on any atom is 0.270 e. The Balaban J connectivity index is 1.65. The van der Waals surface area contributed by atoms with Crippen molar-refractivity contribution in [1.29, 1.82) is 0 Å². The molecule has 0 aliphatic carbocycles. The van der Waals surface area contributed by atoms with Crippen molar-refractivity contribution in [2.24, 2.45) is 0 Å². The Kier molecular flexibility index (Phi) is 8.06. The number of carbonyl (C=O) groups is 1. The summed E-state index contributed by atoms with van der Waals surface area (Å²) < 4.78 is 12.7. The summed E-state index contributed by atoms with van der Waals surface area (Å²) in [5.74, 6) is 1.21. The van der Waals surface area contributed by atoms with Gasteiger partial charge in [-0.05, 0) is 61.7 Å². The van der Waals surface area contributed by atoms with E-state index in [0.29, 0.717) is 40.4 Å². The van der Waals surface area contributed by atoms with Gasteiger partial charge >= 0.3 is 0 Å². The molecule has 0 spiro atoms. The number of carbonyl (C=O) groups excluding carboxylic acids is 1. The molecule has 0 bridgehead atoms. The minimum atomic E-state index is -0.130. The molecule has 3 aromatic carbocycles. The normalized spacial score (nSPS) is 14.5. The SMILES string of the molecule is C=CCc1cc(/C=C2/SC(=S)N(c3ccccc3)C2=O)cc(OCC)c1OCc1ccc(C)cc1. The van der Waals surface area contributed by atoms with Gasteiger partial charge in [-0.2, -0.15) is 0 Å². The zero-order valence-corrected chi connectivity index (χ0v) is 21.5. The topological polar surface area (TPSA) is 38.8 Å².